The van der Waals surface area contributed by atoms with E-state index in [4.69, 9.17) is 34.8 Å². The summed E-state index contributed by atoms with van der Waals surface area (Å²) in [4.78, 5) is 0. The third kappa shape index (κ3) is 3.39. The summed E-state index contributed by atoms with van der Waals surface area (Å²) in [5, 5.41) is 12.0. The van der Waals surface area contributed by atoms with Gasteiger partial charge in [-0.25, -0.2) is 0 Å². The highest BCUT2D eigenvalue weighted by Gasteiger charge is 2.11. The molecule has 0 radical (unpaired) electrons. The molecule has 0 saturated carbocycles. The van der Waals surface area contributed by atoms with Crippen molar-refractivity contribution in [1.82, 2.24) is 0 Å². The van der Waals surface area contributed by atoms with Gasteiger partial charge in [0.15, 0.2) is 0 Å². The Morgan fingerprint density at radius 3 is 2.39 bits per heavy atom. The molecular formula is C14H11Cl3O. The predicted octanol–water partition coefficient (Wildman–Crippen LogP) is 4.92. The van der Waals surface area contributed by atoms with Crippen molar-refractivity contribution in [3.8, 4) is 0 Å². The number of hydrogen-bond donors (Lipinski definition) is 1. The molecule has 4 heteroatoms. The van der Waals surface area contributed by atoms with Gasteiger partial charge in [0.25, 0.3) is 0 Å². The molecule has 2 aromatic rings. The molecule has 0 spiro atoms. The summed E-state index contributed by atoms with van der Waals surface area (Å²) in [6, 6.07) is 12.4. The molecule has 0 aliphatic carbocycles. The Labute approximate surface area is 121 Å². The van der Waals surface area contributed by atoms with Gasteiger partial charge in [-0.15, -0.1) is 0 Å². The second-order valence-electron chi connectivity index (χ2n) is 4.01. The van der Waals surface area contributed by atoms with Crippen LogP contribution >= 0.6 is 34.8 Å². The molecule has 0 aliphatic heterocycles. The minimum Gasteiger partial charge on any atom is -0.388 e. The lowest BCUT2D eigenvalue weighted by Gasteiger charge is -2.12. The van der Waals surface area contributed by atoms with Gasteiger partial charge >= 0.3 is 0 Å². The second-order valence-corrected chi connectivity index (χ2v) is 5.29. The number of aliphatic hydroxyl groups is 1. The van der Waals surface area contributed by atoms with Crippen molar-refractivity contribution >= 4 is 34.8 Å². The Bertz CT molecular complexity index is 554. The largest absolute Gasteiger partial charge is 0.388 e. The van der Waals surface area contributed by atoms with E-state index in [1.54, 1.807) is 36.4 Å². The van der Waals surface area contributed by atoms with Gasteiger partial charge in [-0.2, -0.15) is 0 Å². The van der Waals surface area contributed by atoms with Crippen LogP contribution in [0.25, 0.3) is 0 Å². The van der Waals surface area contributed by atoms with E-state index in [2.05, 4.69) is 0 Å². The van der Waals surface area contributed by atoms with E-state index in [0.717, 1.165) is 11.1 Å². The Hall–Kier alpha value is -0.730. The molecule has 0 fully saturated rings. The molecule has 2 rings (SSSR count). The fraction of sp³-hybridized carbons (Fsp3) is 0.143. The number of rotatable bonds is 3. The summed E-state index contributed by atoms with van der Waals surface area (Å²) in [5.41, 5.74) is 1.58. The van der Waals surface area contributed by atoms with Crippen molar-refractivity contribution in [2.75, 3.05) is 0 Å². The normalized spacial score (nSPS) is 12.4. The van der Waals surface area contributed by atoms with E-state index in [-0.39, 0.29) is 0 Å². The third-order valence-electron chi connectivity index (χ3n) is 2.65. The van der Waals surface area contributed by atoms with Crippen molar-refractivity contribution < 1.29 is 5.11 Å². The fourth-order valence-electron chi connectivity index (χ4n) is 1.74. The highest BCUT2D eigenvalue weighted by molar-refractivity contribution is 6.33. The SMILES string of the molecule is OC(Cc1cc(Cl)ccc1Cl)c1cccc(Cl)c1. The topological polar surface area (TPSA) is 20.2 Å². The van der Waals surface area contributed by atoms with Gasteiger partial charge in [0.05, 0.1) is 6.10 Å². The molecule has 0 heterocycles. The van der Waals surface area contributed by atoms with E-state index in [0.29, 0.717) is 21.5 Å². The van der Waals surface area contributed by atoms with Gasteiger partial charge in [0.2, 0.25) is 0 Å². The molecule has 1 unspecified atom stereocenters. The van der Waals surface area contributed by atoms with Crippen LogP contribution in [-0.4, -0.2) is 5.11 Å². The Morgan fingerprint density at radius 1 is 0.944 bits per heavy atom. The molecule has 0 bridgehead atoms. The zero-order chi connectivity index (χ0) is 13.1. The van der Waals surface area contributed by atoms with E-state index >= 15 is 0 Å². The molecule has 0 aliphatic rings. The van der Waals surface area contributed by atoms with Crippen LogP contribution in [0.4, 0.5) is 0 Å². The first-order valence-corrected chi connectivity index (χ1v) is 6.57. The maximum atomic E-state index is 10.2. The summed E-state index contributed by atoms with van der Waals surface area (Å²) in [5.74, 6) is 0. The first kappa shape index (κ1) is 13.7. The third-order valence-corrected chi connectivity index (χ3v) is 3.49. The molecule has 1 N–H and O–H groups in total. The van der Waals surface area contributed by atoms with E-state index in [1.807, 2.05) is 6.07 Å². The van der Waals surface area contributed by atoms with Crippen LogP contribution < -0.4 is 0 Å². The zero-order valence-corrected chi connectivity index (χ0v) is 11.7. The molecule has 18 heavy (non-hydrogen) atoms. The number of hydrogen-bond acceptors (Lipinski definition) is 1. The van der Waals surface area contributed by atoms with Crippen LogP contribution in [0.2, 0.25) is 15.1 Å². The summed E-state index contributed by atoms with van der Waals surface area (Å²) in [7, 11) is 0. The average Bonchev–Trinajstić information content (AvgIpc) is 2.34. The van der Waals surface area contributed by atoms with Crippen LogP contribution in [0.3, 0.4) is 0 Å². The van der Waals surface area contributed by atoms with Crippen LogP contribution in [-0.2, 0) is 6.42 Å². The zero-order valence-electron chi connectivity index (χ0n) is 9.41. The van der Waals surface area contributed by atoms with Gasteiger partial charge < -0.3 is 5.11 Å². The standard InChI is InChI=1S/C14H11Cl3O/c15-11-3-1-2-9(6-11)14(18)8-10-7-12(16)4-5-13(10)17/h1-7,14,18H,8H2. The van der Waals surface area contributed by atoms with Crippen LogP contribution in [0.15, 0.2) is 42.5 Å². The lowest BCUT2D eigenvalue weighted by atomic mass is 10.0. The van der Waals surface area contributed by atoms with Crippen molar-refractivity contribution in [1.29, 1.82) is 0 Å². The summed E-state index contributed by atoms with van der Waals surface area (Å²) in [6.45, 7) is 0. The Morgan fingerprint density at radius 2 is 1.67 bits per heavy atom. The first-order chi connectivity index (χ1) is 8.56. The van der Waals surface area contributed by atoms with Gasteiger partial charge in [-0.3, -0.25) is 0 Å². The van der Waals surface area contributed by atoms with Crippen molar-refractivity contribution in [2.45, 2.75) is 12.5 Å². The molecule has 0 aromatic heterocycles. The van der Waals surface area contributed by atoms with Crippen molar-refractivity contribution in [3.63, 3.8) is 0 Å². The highest BCUT2D eigenvalue weighted by Crippen LogP contribution is 2.27. The molecule has 0 amide bonds. The minimum absolute atomic E-state index is 0.403. The molecule has 1 nitrogen and oxygen atoms in total. The van der Waals surface area contributed by atoms with Crippen LogP contribution in [0.5, 0.6) is 0 Å². The Kier molecular flexibility index (Phi) is 4.52. The molecule has 0 saturated heterocycles. The molecule has 94 valence electrons. The van der Waals surface area contributed by atoms with Gasteiger partial charge in [-0.1, -0.05) is 46.9 Å². The fourth-order valence-corrected chi connectivity index (χ4v) is 2.33. The second kappa shape index (κ2) is 5.94. The Balaban J connectivity index is 2.21. The number of halogens is 3. The lowest BCUT2D eigenvalue weighted by Crippen LogP contribution is -2.02. The van der Waals surface area contributed by atoms with Crippen LogP contribution in [0.1, 0.15) is 17.2 Å². The predicted molar refractivity (Wildman–Crippen MR) is 76.6 cm³/mol. The van der Waals surface area contributed by atoms with E-state index in [1.165, 1.54) is 0 Å². The van der Waals surface area contributed by atoms with Crippen molar-refractivity contribution in [3.05, 3.63) is 68.7 Å². The maximum Gasteiger partial charge on any atom is 0.0831 e. The van der Waals surface area contributed by atoms with Crippen LogP contribution in [0, 0.1) is 0 Å². The average molecular weight is 302 g/mol. The van der Waals surface area contributed by atoms with Gasteiger partial charge in [0.1, 0.15) is 0 Å². The summed E-state index contributed by atoms with van der Waals surface area (Å²) in [6.07, 6.45) is -0.251. The van der Waals surface area contributed by atoms with Gasteiger partial charge in [0, 0.05) is 21.5 Å². The summed E-state index contributed by atoms with van der Waals surface area (Å²) < 4.78 is 0. The number of aliphatic hydroxyl groups excluding tert-OH is 1. The first-order valence-electron chi connectivity index (χ1n) is 5.44. The maximum absolute atomic E-state index is 10.2. The monoisotopic (exact) mass is 300 g/mol. The smallest absolute Gasteiger partial charge is 0.0831 e. The van der Waals surface area contributed by atoms with E-state index < -0.39 is 6.10 Å². The van der Waals surface area contributed by atoms with Crippen molar-refractivity contribution in [2.24, 2.45) is 0 Å². The molecule has 2 aromatic carbocycles. The molecular weight excluding hydrogens is 291 g/mol. The number of benzene rings is 2. The minimum atomic E-state index is -0.653. The lowest BCUT2D eigenvalue weighted by molar-refractivity contribution is 0.178. The molecule has 1 atom stereocenters. The summed E-state index contributed by atoms with van der Waals surface area (Å²) >= 11 is 17.9. The quantitative estimate of drug-likeness (QED) is 0.853. The highest BCUT2D eigenvalue weighted by atomic mass is 35.5. The van der Waals surface area contributed by atoms with Gasteiger partial charge in [-0.05, 0) is 41.5 Å². The van der Waals surface area contributed by atoms with E-state index in [9.17, 15) is 5.11 Å².